The smallest absolute Gasteiger partial charge is 0.312 e. The third-order valence-corrected chi connectivity index (χ3v) is 3.59. The summed E-state index contributed by atoms with van der Waals surface area (Å²) in [6, 6.07) is 0. The van der Waals surface area contributed by atoms with Crippen LogP contribution in [0.15, 0.2) is 4.52 Å². The molecule has 2 rings (SSSR count). The van der Waals surface area contributed by atoms with Gasteiger partial charge in [-0.3, -0.25) is 14.8 Å². The van der Waals surface area contributed by atoms with Gasteiger partial charge in [-0.05, 0) is 26.7 Å². The SMILES string of the molecule is Cc1nn(CCc2nc([C@@H](C)OCC(C)C)no2)c(C)c1[N+](=O)[O-]. The van der Waals surface area contributed by atoms with Crippen molar-refractivity contribution < 1.29 is 14.2 Å². The van der Waals surface area contributed by atoms with Crippen LogP contribution in [0.25, 0.3) is 0 Å². The van der Waals surface area contributed by atoms with Gasteiger partial charge in [0.1, 0.15) is 17.5 Å². The Morgan fingerprint density at radius 2 is 2.04 bits per heavy atom. The molecule has 9 nitrogen and oxygen atoms in total. The molecule has 0 spiro atoms. The minimum atomic E-state index is -0.410. The second-order valence-electron chi connectivity index (χ2n) is 6.17. The van der Waals surface area contributed by atoms with Crippen molar-refractivity contribution >= 4 is 5.69 Å². The predicted octanol–water partition coefficient (Wildman–Crippen LogP) is 2.77. The fourth-order valence-corrected chi connectivity index (χ4v) is 2.32. The number of nitrogens with zero attached hydrogens (tertiary/aromatic N) is 5. The van der Waals surface area contributed by atoms with Gasteiger partial charge < -0.3 is 9.26 Å². The Balaban J connectivity index is 1.99. The monoisotopic (exact) mass is 337 g/mol. The Morgan fingerprint density at radius 3 is 2.62 bits per heavy atom. The van der Waals surface area contributed by atoms with Gasteiger partial charge in [0.2, 0.25) is 5.89 Å². The van der Waals surface area contributed by atoms with Crippen LogP contribution < -0.4 is 0 Å². The van der Waals surface area contributed by atoms with Crippen LogP contribution in [-0.4, -0.2) is 31.5 Å². The number of hydrogen-bond donors (Lipinski definition) is 0. The molecule has 2 heterocycles. The fourth-order valence-electron chi connectivity index (χ4n) is 2.32. The van der Waals surface area contributed by atoms with Crippen molar-refractivity contribution in [1.29, 1.82) is 0 Å². The van der Waals surface area contributed by atoms with E-state index in [1.54, 1.807) is 18.5 Å². The number of aromatic nitrogens is 4. The minimum Gasteiger partial charge on any atom is -0.370 e. The third kappa shape index (κ3) is 4.16. The highest BCUT2D eigenvalue weighted by Crippen LogP contribution is 2.22. The quantitative estimate of drug-likeness (QED) is 0.538. The molecule has 2 aromatic rings. The summed E-state index contributed by atoms with van der Waals surface area (Å²) in [6.07, 6.45) is 0.211. The molecule has 132 valence electrons. The van der Waals surface area contributed by atoms with E-state index in [1.807, 2.05) is 6.92 Å². The van der Waals surface area contributed by atoms with Crippen molar-refractivity contribution in [3.63, 3.8) is 0 Å². The van der Waals surface area contributed by atoms with E-state index in [-0.39, 0.29) is 11.8 Å². The van der Waals surface area contributed by atoms with Crippen LogP contribution in [0.5, 0.6) is 0 Å². The van der Waals surface area contributed by atoms with E-state index in [1.165, 1.54) is 0 Å². The van der Waals surface area contributed by atoms with Gasteiger partial charge in [0, 0.05) is 13.0 Å². The van der Waals surface area contributed by atoms with Crippen LogP contribution in [0.1, 0.15) is 50.0 Å². The van der Waals surface area contributed by atoms with Gasteiger partial charge in [-0.1, -0.05) is 19.0 Å². The summed E-state index contributed by atoms with van der Waals surface area (Å²) in [4.78, 5) is 14.9. The number of ether oxygens (including phenoxy) is 1. The Kier molecular flexibility index (Phi) is 5.66. The lowest BCUT2D eigenvalue weighted by Crippen LogP contribution is -2.08. The molecule has 0 fully saturated rings. The predicted molar refractivity (Wildman–Crippen MR) is 85.6 cm³/mol. The van der Waals surface area contributed by atoms with E-state index in [4.69, 9.17) is 9.26 Å². The highest BCUT2D eigenvalue weighted by molar-refractivity contribution is 5.39. The first-order chi connectivity index (χ1) is 11.3. The largest absolute Gasteiger partial charge is 0.370 e. The van der Waals surface area contributed by atoms with E-state index in [9.17, 15) is 10.1 Å². The lowest BCUT2D eigenvalue weighted by molar-refractivity contribution is -0.386. The highest BCUT2D eigenvalue weighted by atomic mass is 16.6. The zero-order valence-corrected chi connectivity index (χ0v) is 14.6. The molecule has 0 aliphatic heterocycles. The van der Waals surface area contributed by atoms with Crippen molar-refractivity contribution in [3.05, 3.63) is 33.2 Å². The Bertz CT molecular complexity index is 707. The van der Waals surface area contributed by atoms with Gasteiger partial charge in [0.05, 0.1) is 11.5 Å². The number of rotatable bonds is 8. The normalized spacial score (nSPS) is 12.8. The first-order valence-electron chi connectivity index (χ1n) is 7.92. The van der Waals surface area contributed by atoms with E-state index >= 15 is 0 Å². The second kappa shape index (κ2) is 7.52. The molecule has 0 aliphatic rings. The standard InChI is InChI=1S/C15H23N5O4/c1-9(2)8-23-12(5)15-16-13(24-18-15)6-7-19-11(4)14(20(21)22)10(3)17-19/h9,12H,6-8H2,1-5H3/t12-/m1/s1. The maximum absolute atomic E-state index is 11.0. The molecule has 0 saturated carbocycles. The van der Waals surface area contributed by atoms with Crippen LogP contribution in [0.4, 0.5) is 5.69 Å². The van der Waals surface area contributed by atoms with Crippen LogP contribution in [0, 0.1) is 29.9 Å². The molecule has 24 heavy (non-hydrogen) atoms. The van der Waals surface area contributed by atoms with Crippen LogP contribution in [-0.2, 0) is 17.7 Å². The Morgan fingerprint density at radius 1 is 1.33 bits per heavy atom. The van der Waals surface area contributed by atoms with Crippen molar-refractivity contribution in [2.24, 2.45) is 5.92 Å². The van der Waals surface area contributed by atoms with Crippen molar-refractivity contribution in [2.75, 3.05) is 6.61 Å². The van der Waals surface area contributed by atoms with Gasteiger partial charge in [-0.25, -0.2) is 0 Å². The van der Waals surface area contributed by atoms with Crippen LogP contribution in [0.2, 0.25) is 0 Å². The molecule has 0 radical (unpaired) electrons. The summed E-state index contributed by atoms with van der Waals surface area (Å²) in [5, 5.41) is 19.1. The second-order valence-corrected chi connectivity index (χ2v) is 6.17. The first-order valence-corrected chi connectivity index (χ1v) is 7.92. The molecular formula is C15H23N5O4. The summed E-state index contributed by atoms with van der Waals surface area (Å²) in [5.74, 6) is 1.39. The Labute approximate surface area is 140 Å². The molecule has 0 saturated heterocycles. The molecule has 0 unspecified atom stereocenters. The van der Waals surface area contributed by atoms with E-state index in [2.05, 4.69) is 29.1 Å². The van der Waals surface area contributed by atoms with E-state index in [0.717, 1.165) is 0 Å². The first kappa shape index (κ1) is 18.1. The van der Waals surface area contributed by atoms with Crippen molar-refractivity contribution in [1.82, 2.24) is 19.9 Å². The van der Waals surface area contributed by atoms with E-state index < -0.39 is 4.92 Å². The average molecular weight is 337 g/mol. The molecule has 0 bridgehead atoms. The van der Waals surface area contributed by atoms with Crippen LogP contribution in [0.3, 0.4) is 0 Å². The van der Waals surface area contributed by atoms with Gasteiger partial charge in [0.25, 0.3) is 0 Å². The molecule has 2 aromatic heterocycles. The molecule has 0 N–H and O–H groups in total. The molecular weight excluding hydrogens is 314 g/mol. The maximum Gasteiger partial charge on any atom is 0.312 e. The molecule has 0 amide bonds. The summed E-state index contributed by atoms with van der Waals surface area (Å²) in [7, 11) is 0. The summed E-state index contributed by atoms with van der Waals surface area (Å²) < 4.78 is 12.5. The molecule has 9 heteroatoms. The van der Waals surface area contributed by atoms with Gasteiger partial charge in [0.15, 0.2) is 5.82 Å². The number of aryl methyl sites for hydroxylation is 3. The van der Waals surface area contributed by atoms with Crippen molar-refractivity contribution in [3.8, 4) is 0 Å². The van der Waals surface area contributed by atoms with E-state index in [0.29, 0.717) is 48.6 Å². The van der Waals surface area contributed by atoms with Gasteiger partial charge in [-0.2, -0.15) is 10.1 Å². The minimum absolute atomic E-state index is 0.0527. The zero-order valence-electron chi connectivity index (χ0n) is 14.6. The zero-order chi connectivity index (χ0) is 17.9. The molecule has 1 atom stereocenters. The summed E-state index contributed by atoms with van der Waals surface area (Å²) in [6.45, 7) is 10.4. The van der Waals surface area contributed by atoms with Crippen molar-refractivity contribution in [2.45, 2.75) is 53.7 Å². The summed E-state index contributed by atoms with van der Waals surface area (Å²) in [5.41, 5.74) is 0.974. The fraction of sp³-hybridized carbons (Fsp3) is 0.667. The topological polar surface area (TPSA) is 109 Å². The lowest BCUT2D eigenvalue weighted by atomic mass is 10.2. The lowest BCUT2D eigenvalue weighted by Gasteiger charge is -2.10. The van der Waals surface area contributed by atoms with Gasteiger partial charge >= 0.3 is 5.69 Å². The average Bonchev–Trinajstić information content (AvgIpc) is 3.07. The highest BCUT2D eigenvalue weighted by Gasteiger charge is 2.22. The van der Waals surface area contributed by atoms with Gasteiger partial charge in [-0.15, -0.1) is 0 Å². The third-order valence-electron chi connectivity index (χ3n) is 3.59. The number of hydrogen-bond acceptors (Lipinski definition) is 7. The maximum atomic E-state index is 11.0. The Hall–Kier alpha value is -2.29. The number of nitro groups is 1. The summed E-state index contributed by atoms with van der Waals surface area (Å²) >= 11 is 0. The van der Waals surface area contributed by atoms with Crippen LogP contribution >= 0.6 is 0 Å². The molecule has 0 aromatic carbocycles. The molecule has 0 aliphatic carbocycles.